The summed E-state index contributed by atoms with van der Waals surface area (Å²) in [5.74, 6) is 0.107. The second-order valence-electron chi connectivity index (χ2n) is 4.28. The SMILES string of the molecule is CC(=O)c1cccc(-c2cccc3ccsc23)c1. The molecule has 2 aromatic carbocycles. The summed E-state index contributed by atoms with van der Waals surface area (Å²) in [5.41, 5.74) is 3.07. The molecule has 0 aliphatic rings. The summed E-state index contributed by atoms with van der Waals surface area (Å²) in [5, 5.41) is 3.36. The number of benzene rings is 2. The summed E-state index contributed by atoms with van der Waals surface area (Å²) < 4.78 is 1.28. The lowest BCUT2D eigenvalue weighted by Gasteiger charge is -2.05. The number of rotatable bonds is 2. The zero-order chi connectivity index (χ0) is 12.5. The van der Waals surface area contributed by atoms with Crippen molar-refractivity contribution in [3.05, 3.63) is 59.5 Å². The summed E-state index contributed by atoms with van der Waals surface area (Å²) in [6, 6.07) is 16.2. The van der Waals surface area contributed by atoms with Crippen molar-refractivity contribution in [1.82, 2.24) is 0 Å². The molecule has 88 valence electrons. The van der Waals surface area contributed by atoms with Gasteiger partial charge in [0.2, 0.25) is 0 Å². The minimum absolute atomic E-state index is 0.107. The van der Waals surface area contributed by atoms with E-state index in [1.807, 2.05) is 18.2 Å². The maximum Gasteiger partial charge on any atom is 0.159 e. The van der Waals surface area contributed by atoms with E-state index in [1.54, 1.807) is 18.3 Å². The van der Waals surface area contributed by atoms with Gasteiger partial charge < -0.3 is 0 Å². The Bertz CT molecular complexity index is 725. The van der Waals surface area contributed by atoms with Crippen LogP contribution in [0.1, 0.15) is 17.3 Å². The first-order valence-corrected chi connectivity index (χ1v) is 6.71. The fourth-order valence-electron chi connectivity index (χ4n) is 2.13. The molecular weight excluding hydrogens is 240 g/mol. The van der Waals surface area contributed by atoms with Crippen LogP contribution in [0.5, 0.6) is 0 Å². The maximum atomic E-state index is 11.4. The number of Topliss-reactive ketones (excluding diaryl/α,β-unsaturated/α-hetero) is 1. The summed E-state index contributed by atoms with van der Waals surface area (Å²) in [7, 11) is 0. The number of carbonyl (C=O) groups is 1. The van der Waals surface area contributed by atoms with Crippen LogP contribution in [-0.2, 0) is 0 Å². The highest BCUT2D eigenvalue weighted by molar-refractivity contribution is 7.17. The zero-order valence-electron chi connectivity index (χ0n) is 10.0. The maximum absolute atomic E-state index is 11.4. The second-order valence-corrected chi connectivity index (χ2v) is 5.20. The third-order valence-electron chi connectivity index (χ3n) is 3.06. The summed E-state index contributed by atoms with van der Waals surface area (Å²) in [4.78, 5) is 11.4. The Balaban J connectivity index is 2.23. The Morgan fingerprint density at radius 2 is 1.89 bits per heavy atom. The van der Waals surface area contributed by atoms with Gasteiger partial charge in [-0.1, -0.05) is 36.4 Å². The summed E-state index contributed by atoms with van der Waals surface area (Å²) >= 11 is 1.74. The van der Waals surface area contributed by atoms with E-state index >= 15 is 0 Å². The van der Waals surface area contributed by atoms with Gasteiger partial charge >= 0.3 is 0 Å². The molecule has 0 bridgehead atoms. The van der Waals surface area contributed by atoms with Crippen LogP contribution in [0.25, 0.3) is 21.2 Å². The van der Waals surface area contributed by atoms with E-state index < -0.39 is 0 Å². The van der Waals surface area contributed by atoms with Crippen molar-refractivity contribution >= 4 is 27.2 Å². The van der Waals surface area contributed by atoms with E-state index in [2.05, 4.69) is 35.7 Å². The highest BCUT2D eigenvalue weighted by atomic mass is 32.1. The van der Waals surface area contributed by atoms with Gasteiger partial charge in [0.1, 0.15) is 0 Å². The molecule has 0 aliphatic heterocycles. The highest BCUT2D eigenvalue weighted by Crippen LogP contribution is 2.32. The van der Waals surface area contributed by atoms with Gasteiger partial charge in [0.05, 0.1) is 0 Å². The van der Waals surface area contributed by atoms with E-state index in [0.29, 0.717) is 0 Å². The Morgan fingerprint density at radius 3 is 2.72 bits per heavy atom. The van der Waals surface area contributed by atoms with E-state index in [0.717, 1.165) is 11.1 Å². The lowest BCUT2D eigenvalue weighted by atomic mass is 10.0. The molecule has 0 saturated carbocycles. The molecule has 0 aliphatic carbocycles. The Kier molecular flexibility index (Phi) is 2.73. The van der Waals surface area contributed by atoms with Gasteiger partial charge in [0, 0.05) is 10.3 Å². The molecule has 0 saturated heterocycles. The average Bonchev–Trinajstić information content (AvgIpc) is 2.87. The predicted octanol–water partition coefficient (Wildman–Crippen LogP) is 4.77. The first-order chi connectivity index (χ1) is 8.75. The number of hydrogen-bond acceptors (Lipinski definition) is 2. The Hall–Kier alpha value is -1.93. The van der Waals surface area contributed by atoms with Crippen molar-refractivity contribution < 1.29 is 4.79 Å². The molecule has 3 rings (SSSR count). The van der Waals surface area contributed by atoms with Gasteiger partial charge in [-0.25, -0.2) is 0 Å². The second kappa shape index (κ2) is 4.39. The highest BCUT2D eigenvalue weighted by Gasteiger charge is 2.06. The van der Waals surface area contributed by atoms with Crippen molar-refractivity contribution in [3.63, 3.8) is 0 Å². The van der Waals surface area contributed by atoms with E-state index in [9.17, 15) is 4.79 Å². The topological polar surface area (TPSA) is 17.1 Å². The van der Waals surface area contributed by atoms with Crippen LogP contribution in [-0.4, -0.2) is 5.78 Å². The lowest BCUT2D eigenvalue weighted by molar-refractivity contribution is 0.101. The van der Waals surface area contributed by atoms with Crippen molar-refractivity contribution in [2.75, 3.05) is 0 Å². The van der Waals surface area contributed by atoms with Crippen molar-refractivity contribution in [2.45, 2.75) is 6.92 Å². The molecular formula is C16H12OS. The van der Waals surface area contributed by atoms with Crippen LogP contribution in [0, 0.1) is 0 Å². The largest absolute Gasteiger partial charge is 0.295 e. The molecule has 0 spiro atoms. The number of thiophene rings is 1. The van der Waals surface area contributed by atoms with Crippen LogP contribution < -0.4 is 0 Å². The number of ketones is 1. The first-order valence-electron chi connectivity index (χ1n) is 5.83. The Morgan fingerprint density at radius 1 is 1.06 bits per heavy atom. The third-order valence-corrected chi connectivity index (χ3v) is 4.02. The standard InChI is InChI=1S/C16H12OS/c1-11(17)13-5-2-6-14(10-13)15-7-3-4-12-8-9-18-16(12)15/h2-10H,1H3. The Labute approximate surface area is 110 Å². The monoisotopic (exact) mass is 252 g/mol. The predicted molar refractivity (Wildman–Crippen MR) is 77.3 cm³/mol. The van der Waals surface area contributed by atoms with E-state index in [4.69, 9.17) is 0 Å². The molecule has 0 N–H and O–H groups in total. The lowest BCUT2D eigenvalue weighted by Crippen LogP contribution is -1.91. The van der Waals surface area contributed by atoms with Crippen molar-refractivity contribution in [2.24, 2.45) is 0 Å². The quantitative estimate of drug-likeness (QED) is 0.600. The van der Waals surface area contributed by atoms with Crippen LogP contribution in [0.3, 0.4) is 0 Å². The molecule has 2 heteroatoms. The fraction of sp³-hybridized carbons (Fsp3) is 0.0625. The van der Waals surface area contributed by atoms with Crippen LogP contribution in [0.2, 0.25) is 0 Å². The molecule has 0 atom stereocenters. The molecule has 1 heterocycles. The van der Waals surface area contributed by atoms with Crippen LogP contribution in [0.4, 0.5) is 0 Å². The van der Waals surface area contributed by atoms with Gasteiger partial charge in [-0.3, -0.25) is 4.79 Å². The normalized spacial score (nSPS) is 10.7. The minimum atomic E-state index is 0.107. The van der Waals surface area contributed by atoms with Crippen molar-refractivity contribution in [3.8, 4) is 11.1 Å². The van der Waals surface area contributed by atoms with Crippen LogP contribution >= 0.6 is 11.3 Å². The summed E-state index contributed by atoms with van der Waals surface area (Å²) in [6.07, 6.45) is 0. The molecule has 1 nitrogen and oxygen atoms in total. The van der Waals surface area contributed by atoms with Crippen LogP contribution in [0.15, 0.2) is 53.9 Å². The van der Waals surface area contributed by atoms with E-state index in [-0.39, 0.29) is 5.78 Å². The molecule has 3 aromatic rings. The van der Waals surface area contributed by atoms with Crippen molar-refractivity contribution in [1.29, 1.82) is 0 Å². The van der Waals surface area contributed by atoms with E-state index in [1.165, 1.54) is 15.6 Å². The molecule has 0 fully saturated rings. The summed E-state index contributed by atoms with van der Waals surface area (Å²) in [6.45, 7) is 1.60. The van der Waals surface area contributed by atoms with Gasteiger partial charge in [-0.05, 0) is 40.9 Å². The molecule has 0 radical (unpaired) electrons. The van der Waals surface area contributed by atoms with Gasteiger partial charge in [0.25, 0.3) is 0 Å². The number of fused-ring (bicyclic) bond motifs is 1. The fourth-order valence-corrected chi connectivity index (χ4v) is 3.06. The molecule has 0 unspecified atom stereocenters. The number of carbonyl (C=O) groups excluding carboxylic acids is 1. The average molecular weight is 252 g/mol. The molecule has 0 amide bonds. The smallest absolute Gasteiger partial charge is 0.159 e. The zero-order valence-corrected chi connectivity index (χ0v) is 10.8. The first kappa shape index (κ1) is 11.2. The van der Waals surface area contributed by atoms with Gasteiger partial charge in [0.15, 0.2) is 5.78 Å². The third kappa shape index (κ3) is 1.85. The van der Waals surface area contributed by atoms with Gasteiger partial charge in [-0.2, -0.15) is 0 Å². The number of hydrogen-bond donors (Lipinski definition) is 0. The van der Waals surface area contributed by atoms with Gasteiger partial charge in [-0.15, -0.1) is 11.3 Å². The molecule has 1 aromatic heterocycles. The molecule has 18 heavy (non-hydrogen) atoms. The minimum Gasteiger partial charge on any atom is -0.295 e.